The fraction of sp³-hybridized carbons (Fsp3) is 0.158. The zero-order valence-electron chi connectivity index (χ0n) is 13.8. The van der Waals surface area contributed by atoms with Crippen molar-refractivity contribution in [1.82, 2.24) is 5.43 Å². The van der Waals surface area contributed by atoms with Crippen molar-refractivity contribution in [2.24, 2.45) is 16.1 Å². The van der Waals surface area contributed by atoms with Gasteiger partial charge < -0.3 is 0 Å². The molecule has 0 saturated carbocycles. The van der Waals surface area contributed by atoms with E-state index in [-0.39, 0.29) is 18.2 Å². The van der Waals surface area contributed by atoms with Crippen molar-refractivity contribution in [2.45, 2.75) is 13.3 Å². The molecule has 0 fully saturated rings. The van der Waals surface area contributed by atoms with E-state index in [1.807, 2.05) is 60.7 Å². The van der Waals surface area contributed by atoms with Crippen molar-refractivity contribution >= 4 is 29.4 Å². The fourth-order valence-corrected chi connectivity index (χ4v) is 2.51. The van der Waals surface area contributed by atoms with Crippen molar-refractivity contribution in [3.8, 4) is 0 Å². The molecule has 2 amide bonds. The van der Waals surface area contributed by atoms with E-state index >= 15 is 0 Å². The first-order chi connectivity index (χ1) is 12.1. The van der Waals surface area contributed by atoms with Crippen molar-refractivity contribution in [3.05, 3.63) is 66.2 Å². The number of benzene rings is 2. The molecule has 1 atom stereocenters. The highest BCUT2D eigenvalue weighted by Crippen LogP contribution is 2.22. The number of nitrogens with zero attached hydrogens (tertiary/aromatic N) is 3. The van der Waals surface area contributed by atoms with Crippen LogP contribution in [-0.2, 0) is 16.0 Å². The van der Waals surface area contributed by atoms with Crippen LogP contribution in [0.3, 0.4) is 0 Å². The average molecular weight is 334 g/mol. The van der Waals surface area contributed by atoms with E-state index in [1.54, 1.807) is 6.92 Å². The Morgan fingerprint density at radius 2 is 1.80 bits per heavy atom. The number of hydrogen-bond acceptors (Lipinski definition) is 4. The first-order valence-corrected chi connectivity index (χ1v) is 7.95. The molecule has 0 saturated heterocycles. The lowest BCUT2D eigenvalue weighted by Crippen LogP contribution is -2.29. The fourth-order valence-electron chi connectivity index (χ4n) is 2.51. The molecule has 1 N–H and O–H groups in total. The van der Waals surface area contributed by atoms with Crippen LogP contribution < -0.4 is 10.4 Å². The normalized spacial score (nSPS) is 17.0. The summed E-state index contributed by atoms with van der Waals surface area (Å²) in [6.45, 7) is 1.77. The zero-order valence-corrected chi connectivity index (χ0v) is 13.8. The smallest absolute Gasteiger partial charge is 0.261 e. The van der Waals surface area contributed by atoms with Crippen LogP contribution in [-0.4, -0.2) is 23.7 Å². The van der Waals surface area contributed by atoms with Crippen LogP contribution in [0.4, 0.5) is 5.69 Å². The van der Waals surface area contributed by atoms with Gasteiger partial charge in [0.25, 0.3) is 5.91 Å². The van der Waals surface area contributed by atoms with E-state index in [1.165, 1.54) is 11.2 Å². The molecule has 126 valence electrons. The summed E-state index contributed by atoms with van der Waals surface area (Å²) < 4.78 is 0. The lowest BCUT2D eigenvalue weighted by atomic mass is 10.1. The minimum Gasteiger partial charge on any atom is -0.273 e. The number of para-hydroxylation sites is 1. The first kappa shape index (κ1) is 16.6. The molecule has 1 aliphatic heterocycles. The van der Waals surface area contributed by atoms with Gasteiger partial charge in [-0.25, -0.2) is 5.43 Å². The number of hydrogen-bond donors (Lipinski definition) is 1. The quantitative estimate of drug-likeness (QED) is 0.673. The van der Waals surface area contributed by atoms with Crippen LogP contribution in [0.2, 0.25) is 0 Å². The third-order valence-electron chi connectivity index (χ3n) is 3.80. The van der Waals surface area contributed by atoms with E-state index in [0.717, 1.165) is 5.56 Å². The summed E-state index contributed by atoms with van der Waals surface area (Å²) >= 11 is 0. The van der Waals surface area contributed by atoms with Gasteiger partial charge in [0, 0.05) is 6.21 Å². The number of nitrogens with one attached hydrogen (secondary N) is 1. The maximum atomic E-state index is 12.5. The number of hydrazone groups is 2. The van der Waals surface area contributed by atoms with E-state index in [4.69, 9.17) is 0 Å². The van der Waals surface area contributed by atoms with Gasteiger partial charge in [0.1, 0.15) is 5.92 Å². The van der Waals surface area contributed by atoms with Crippen LogP contribution in [0.25, 0.3) is 0 Å². The molecule has 6 heteroatoms. The molecule has 2 aromatic rings. The summed E-state index contributed by atoms with van der Waals surface area (Å²) in [4.78, 5) is 24.4. The lowest BCUT2D eigenvalue weighted by Gasteiger charge is -2.12. The Morgan fingerprint density at radius 1 is 1.16 bits per heavy atom. The second kappa shape index (κ2) is 7.53. The van der Waals surface area contributed by atoms with E-state index < -0.39 is 5.92 Å². The highest BCUT2D eigenvalue weighted by atomic mass is 16.2. The summed E-state index contributed by atoms with van der Waals surface area (Å²) in [6, 6.07) is 18.6. The minimum atomic E-state index is -0.572. The Kier molecular flexibility index (Phi) is 4.99. The Balaban J connectivity index is 1.59. The zero-order chi connectivity index (χ0) is 17.6. The Bertz CT molecular complexity index is 816. The van der Waals surface area contributed by atoms with Crippen LogP contribution >= 0.6 is 0 Å². The summed E-state index contributed by atoms with van der Waals surface area (Å²) in [5, 5.41) is 9.57. The van der Waals surface area contributed by atoms with Crippen LogP contribution in [0, 0.1) is 5.92 Å². The predicted octanol–water partition coefficient (Wildman–Crippen LogP) is 2.37. The van der Waals surface area contributed by atoms with Crippen LogP contribution in [0.5, 0.6) is 0 Å². The van der Waals surface area contributed by atoms with Gasteiger partial charge in [-0.3, -0.25) is 9.59 Å². The second-order valence-corrected chi connectivity index (χ2v) is 5.68. The lowest BCUT2D eigenvalue weighted by molar-refractivity contribution is -0.120. The summed E-state index contributed by atoms with van der Waals surface area (Å²) in [6.07, 6.45) is 1.66. The van der Waals surface area contributed by atoms with Crippen molar-refractivity contribution in [1.29, 1.82) is 0 Å². The maximum Gasteiger partial charge on any atom is 0.261 e. The molecule has 2 aromatic carbocycles. The monoisotopic (exact) mass is 334 g/mol. The van der Waals surface area contributed by atoms with E-state index in [9.17, 15) is 9.59 Å². The molecular weight excluding hydrogens is 316 g/mol. The summed E-state index contributed by atoms with van der Waals surface area (Å²) in [7, 11) is 0. The first-order valence-electron chi connectivity index (χ1n) is 7.95. The largest absolute Gasteiger partial charge is 0.273 e. The number of rotatable bonds is 5. The van der Waals surface area contributed by atoms with E-state index in [2.05, 4.69) is 15.6 Å². The van der Waals surface area contributed by atoms with Gasteiger partial charge in [-0.05, 0) is 24.6 Å². The second-order valence-electron chi connectivity index (χ2n) is 5.68. The average Bonchev–Trinajstić information content (AvgIpc) is 2.91. The molecule has 0 aromatic heterocycles. The van der Waals surface area contributed by atoms with Gasteiger partial charge in [0.05, 0.1) is 17.8 Å². The van der Waals surface area contributed by atoms with Gasteiger partial charge in [-0.1, -0.05) is 48.5 Å². The third-order valence-corrected chi connectivity index (χ3v) is 3.80. The van der Waals surface area contributed by atoms with Crippen LogP contribution in [0.1, 0.15) is 12.5 Å². The molecule has 1 aliphatic rings. The van der Waals surface area contributed by atoms with Crippen molar-refractivity contribution in [2.75, 3.05) is 5.01 Å². The summed E-state index contributed by atoms with van der Waals surface area (Å²) in [5.74, 6) is -0.996. The number of carbonyl (C=O) groups is 2. The predicted molar refractivity (Wildman–Crippen MR) is 97.3 cm³/mol. The molecule has 1 heterocycles. The topological polar surface area (TPSA) is 74.1 Å². The van der Waals surface area contributed by atoms with E-state index in [0.29, 0.717) is 11.4 Å². The Labute approximate surface area is 145 Å². The highest BCUT2D eigenvalue weighted by Gasteiger charge is 2.33. The minimum absolute atomic E-state index is 0.190. The molecular formula is C19H18N4O2. The van der Waals surface area contributed by atoms with Crippen molar-refractivity contribution < 1.29 is 9.59 Å². The Morgan fingerprint density at radius 3 is 2.48 bits per heavy atom. The third kappa shape index (κ3) is 3.98. The molecule has 3 rings (SSSR count). The molecule has 0 spiro atoms. The molecule has 0 bridgehead atoms. The Hall–Kier alpha value is -3.28. The highest BCUT2D eigenvalue weighted by molar-refractivity contribution is 6.23. The van der Waals surface area contributed by atoms with Crippen molar-refractivity contribution in [3.63, 3.8) is 0 Å². The van der Waals surface area contributed by atoms with Gasteiger partial charge >= 0.3 is 0 Å². The molecule has 6 nitrogen and oxygen atoms in total. The number of amides is 2. The van der Waals surface area contributed by atoms with Gasteiger partial charge in [0.2, 0.25) is 5.91 Å². The number of carbonyl (C=O) groups excluding carboxylic acids is 2. The maximum absolute atomic E-state index is 12.5. The standard InChI is InChI=1S/C19H18N4O2/c1-14-17(19(25)23(22-14)16-10-6-3-7-11-16)13-20-21-18(24)12-15-8-4-2-5-9-15/h2-11,13,17H,12H2,1H3,(H,21,24)/b20-13-/t17-/m1/s1. The van der Waals surface area contributed by atoms with Gasteiger partial charge in [-0.15, -0.1) is 0 Å². The molecule has 0 aliphatic carbocycles. The number of anilines is 1. The van der Waals surface area contributed by atoms with Crippen LogP contribution in [0.15, 0.2) is 70.9 Å². The van der Waals surface area contributed by atoms with Gasteiger partial charge in [-0.2, -0.15) is 15.2 Å². The SMILES string of the molecule is CC1=NN(c2ccccc2)C(=O)[C@@H]1/C=N\NC(=O)Cc1ccccc1. The molecule has 0 radical (unpaired) electrons. The molecule has 25 heavy (non-hydrogen) atoms. The molecule has 0 unspecified atom stereocenters. The summed E-state index contributed by atoms with van der Waals surface area (Å²) in [5.41, 5.74) is 4.70. The van der Waals surface area contributed by atoms with Gasteiger partial charge in [0.15, 0.2) is 0 Å².